The first-order valence-electron chi connectivity index (χ1n) is 3.02. The van der Waals surface area contributed by atoms with Gasteiger partial charge in [0.15, 0.2) is 0 Å². The van der Waals surface area contributed by atoms with E-state index in [4.69, 9.17) is 5.73 Å². The quantitative estimate of drug-likeness (QED) is 0.598. The van der Waals surface area contributed by atoms with Crippen LogP contribution in [0.1, 0.15) is 6.92 Å². The Hall–Kier alpha value is -0.130. The molecule has 4 nitrogen and oxygen atoms in total. The zero-order valence-electron chi connectivity index (χ0n) is 6.53. The Morgan fingerprint density at radius 3 is 2.00 bits per heavy atom. The lowest BCUT2D eigenvalue weighted by atomic mass is 10.4. The fourth-order valence-electron chi connectivity index (χ4n) is 0.481. The van der Waals surface area contributed by atoms with Crippen LogP contribution in [-0.4, -0.2) is 38.6 Å². The Bertz CT molecular complexity index is 184. The van der Waals surface area contributed by atoms with Gasteiger partial charge in [-0.25, -0.2) is 12.7 Å². The second kappa shape index (κ2) is 3.32. The van der Waals surface area contributed by atoms with Crippen LogP contribution in [0.15, 0.2) is 0 Å². The highest BCUT2D eigenvalue weighted by atomic mass is 32.2. The fourth-order valence-corrected chi connectivity index (χ4v) is 1.44. The summed E-state index contributed by atoms with van der Waals surface area (Å²) in [5.74, 6) is 0.0139. The van der Waals surface area contributed by atoms with Crippen LogP contribution in [-0.2, 0) is 10.0 Å². The van der Waals surface area contributed by atoms with Crippen molar-refractivity contribution in [2.24, 2.45) is 5.73 Å². The van der Waals surface area contributed by atoms with Crippen molar-refractivity contribution in [1.29, 1.82) is 0 Å². The van der Waals surface area contributed by atoms with Crippen LogP contribution < -0.4 is 5.73 Å². The average Bonchev–Trinajstić information content (AvgIpc) is 1.60. The van der Waals surface area contributed by atoms with Crippen molar-refractivity contribution in [2.75, 3.05) is 19.8 Å². The Balaban J connectivity index is 4.16. The van der Waals surface area contributed by atoms with Gasteiger partial charge in [0.05, 0.1) is 5.75 Å². The van der Waals surface area contributed by atoms with Crippen LogP contribution in [0.3, 0.4) is 0 Å². The van der Waals surface area contributed by atoms with Crippen molar-refractivity contribution in [3.63, 3.8) is 0 Å². The van der Waals surface area contributed by atoms with Gasteiger partial charge in [0.25, 0.3) is 0 Å². The lowest BCUT2D eigenvalue weighted by molar-refractivity contribution is 0.516. The molecule has 10 heavy (non-hydrogen) atoms. The van der Waals surface area contributed by atoms with E-state index in [1.165, 1.54) is 18.4 Å². The van der Waals surface area contributed by atoms with E-state index in [9.17, 15) is 8.42 Å². The van der Waals surface area contributed by atoms with Crippen LogP contribution in [0.25, 0.3) is 0 Å². The maximum atomic E-state index is 11.0. The maximum Gasteiger partial charge on any atom is 0.215 e. The third-order valence-electron chi connectivity index (χ3n) is 1.03. The fraction of sp³-hybridized carbons (Fsp3) is 1.00. The summed E-state index contributed by atoms with van der Waals surface area (Å²) in [7, 11) is -0.0937. The molecule has 0 aromatic rings. The molecule has 0 fully saturated rings. The van der Waals surface area contributed by atoms with Gasteiger partial charge in [0.2, 0.25) is 10.0 Å². The average molecular weight is 166 g/mol. The molecule has 0 aliphatic carbocycles. The minimum Gasteiger partial charge on any atom is -0.327 e. The second-order valence-electron chi connectivity index (χ2n) is 2.54. The highest BCUT2D eigenvalue weighted by molar-refractivity contribution is 7.89. The summed E-state index contributed by atoms with van der Waals surface area (Å²) >= 11 is 0. The van der Waals surface area contributed by atoms with E-state index in [-0.39, 0.29) is 11.8 Å². The molecule has 5 heteroatoms. The molecule has 0 aromatic carbocycles. The van der Waals surface area contributed by atoms with Gasteiger partial charge in [0.1, 0.15) is 0 Å². The van der Waals surface area contributed by atoms with Crippen molar-refractivity contribution >= 4 is 10.0 Å². The monoisotopic (exact) mass is 166 g/mol. The summed E-state index contributed by atoms with van der Waals surface area (Å²) in [5, 5.41) is 0. The Morgan fingerprint density at radius 2 is 1.90 bits per heavy atom. The predicted molar refractivity (Wildman–Crippen MR) is 41.1 cm³/mol. The van der Waals surface area contributed by atoms with Crippen LogP contribution in [0.4, 0.5) is 0 Å². The normalized spacial score (nSPS) is 15.7. The minimum atomic E-state index is -3.09. The maximum absolute atomic E-state index is 11.0. The van der Waals surface area contributed by atoms with Gasteiger partial charge in [-0.2, -0.15) is 0 Å². The topological polar surface area (TPSA) is 63.4 Å². The van der Waals surface area contributed by atoms with Crippen LogP contribution in [0.2, 0.25) is 0 Å². The second-order valence-corrected chi connectivity index (χ2v) is 4.77. The van der Waals surface area contributed by atoms with E-state index in [2.05, 4.69) is 0 Å². The molecule has 0 spiro atoms. The van der Waals surface area contributed by atoms with Gasteiger partial charge in [-0.15, -0.1) is 0 Å². The molecule has 0 radical (unpaired) electrons. The Kier molecular flexibility index (Phi) is 3.27. The molecule has 62 valence electrons. The molecule has 0 bridgehead atoms. The van der Waals surface area contributed by atoms with Crippen LogP contribution >= 0.6 is 0 Å². The predicted octanol–water partition coefficient (Wildman–Crippen LogP) is -0.775. The molecule has 0 amide bonds. The first kappa shape index (κ1) is 9.87. The summed E-state index contributed by atoms with van der Waals surface area (Å²) in [6, 6.07) is -0.299. The molecule has 1 atom stereocenters. The summed E-state index contributed by atoms with van der Waals surface area (Å²) in [4.78, 5) is 0. The van der Waals surface area contributed by atoms with E-state index >= 15 is 0 Å². The third kappa shape index (κ3) is 3.14. The van der Waals surface area contributed by atoms with Crippen molar-refractivity contribution in [2.45, 2.75) is 13.0 Å². The van der Waals surface area contributed by atoms with E-state index in [0.717, 1.165) is 0 Å². The Morgan fingerprint density at radius 1 is 1.50 bits per heavy atom. The summed E-state index contributed by atoms with van der Waals surface area (Å²) in [5.41, 5.74) is 5.31. The van der Waals surface area contributed by atoms with Crippen molar-refractivity contribution in [3.8, 4) is 0 Å². The van der Waals surface area contributed by atoms with Gasteiger partial charge in [-0.3, -0.25) is 0 Å². The first-order valence-corrected chi connectivity index (χ1v) is 4.63. The van der Waals surface area contributed by atoms with Crippen molar-refractivity contribution < 1.29 is 8.42 Å². The zero-order chi connectivity index (χ0) is 8.36. The van der Waals surface area contributed by atoms with Crippen LogP contribution in [0.5, 0.6) is 0 Å². The zero-order valence-corrected chi connectivity index (χ0v) is 7.35. The van der Waals surface area contributed by atoms with E-state index in [1.807, 2.05) is 0 Å². The van der Waals surface area contributed by atoms with E-state index < -0.39 is 10.0 Å². The summed E-state index contributed by atoms with van der Waals surface area (Å²) < 4.78 is 23.2. The number of rotatable bonds is 3. The lowest BCUT2D eigenvalue weighted by Crippen LogP contribution is -2.34. The van der Waals surface area contributed by atoms with Crippen molar-refractivity contribution in [1.82, 2.24) is 4.31 Å². The smallest absolute Gasteiger partial charge is 0.215 e. The number of nitrogens with zero attached hydrogens (tertiary/aromatic N) is 1. The number of hydrogen-bond acceptors (Lipinski definition) is 3. The minimum absolute atomic E-state index is 0.0139. The molecule has 0 rings (SSSR count). The van der Waals surface area contributed by atoms with Gasteiger partial charge < -0.3 is 5.73 Å². The molecule has 0 aromatic heterocycles. The molecule has 0 aliphatic heterocycles. The lowest BCUT2D eigenvalue weighted by Gasteiger charge is -2.12. The molecular weight excluding hydrogens is 152 g/mol. The molecule has 0 saturated carbocycles. The van der Waals surface area contributed by atoms with Gasteiger partial charge in [0, 0.05) is 20.1 Å². The third-order valence-corrected chi connectivity index (χ3v) is 3.09. The highest BCUT2D eigenvalue weighted by Crippen LogP contribution is 1.94. The molecule has 0 aliphatic rings. The largest absolute Gasteiger partial charge is 0.327 e. The Labute approximate surface area is 62.1 Å². The molecule has 0 saturated heterocycles. The number of hydrogen-bond donors (Lipinski definition) is 1. The van der Waals surface area contributed by atoms with Gasteiger partial charge in [-0.05, 0) is 6.92 Å². The van der Waals surface area contributed by atoms with E-state index in [1.54, 1.807) is 6.92 Å². The molecule has 0 heterocycles. The number of nitrogens with two attached hydrogens (primary N) is 1. The van der Waals surface area contributed by atoms with E-state index in [0.29, 0.717) is 0 Å². The standard InChI is InChI=1S/C5H14N2O2S/c1-5(6)4-10(8,9)7(2)3/h5H,4,6H2,1-3H3. The summed E-state index contributed by atoms with van der Waals surface area (Å²) in [6.07, 6.45) is 0. The first-order chi connectivity index (χ1) is 4.36. The molecular formula is C5H14N2O2S. The SMILES string of the molecule is CC(N)CS(=O)(=O)N(C)C. The number of sulfonamides is 1. The highest BCUT2D eigenvalue weighted by Gasteiger charge is 2.14. The van der Waals surface area contributed by atoms with Gasteiger partial charge >= 0.3 is 0 Å². The molecule has 1 unspecified atom stereocenters. The van der Waals surface area contributed by atoms with Crippen LogP contribution in [0, 0.1) is 0 Å². The van der Waals surface area contributed by atoms with Crippen molar-refractivity contribution in [3.05, 3.63) is 0 Å². The van der Waals surface area contributed by atoms with Gasteiger partial charge in [-0.1, -0.05) is 0 Å². The summed E-state index contributed by atoms with van der Waals surface area (Å²) in [6.45, 7) is 1.67. The molecule has 2 N–H and O–H groups in total.